The van der Waals surface area contributed by atoms with Crippen molar-refractivity contribution < 1.29 is 9.53 Å². The van der Waals surface area contributed by atoms with E-state index < -0.39 is 5.91 Å². The van der Waals surface area contributed by atoms with Crippen LogP contribution < -0.4 is 10.2 Å². The van der Waals surface area contributed by atoms with Crippen molar-refractivity contribution in [1.82, 2.24) is 10.4 Å². The summed E-state index contributed by atoms with van der Waals surface area (Å²) in [4.78, 5) is 15.9. The van der Waals surface area contributed by atoms with E-state index in [1.54, 1.807) is 36.7 Å². The van der Waals surface area contributed by atoms with Crippen LogP contribution in [0.5, 0.6) is 5.75 Å². The molecule has 0 bridgehead atoms. The maximum absolute atomic E-state index is 12.0. The normalized spacial score (nSPS) is 10.5. The fraction of sp³-hybridized carbons (Fsp3) is 0.0714. The molecule has 1 aromatic heterocycles. The van der Waals surface area contributed by atoms with Crippen LogP contribution in [0.2, 0.25) is 5.02 Å². The maximum atomic E-state index is 12.0. The highest BCUT2D eigenvalue weighted by atomic mass is 35.5. The van der Waals surface area contributed by atoms with Gasteiger partial charge >= 0.3 is 0 Å². The first-order chi connectivity index (χ1) is 9.70. The van der Waals surface area contributed by atoms with E-state index in [1.165, 1.54) is 19.4 Å². The quantitative estimate of drug-likeness (QED) is 0.695. The number of hydrazone groups is 1. The third-order valence-electron chi connectivity index (χ3n) is 2.49. The summed E-state index contributed by atoms with van der Waals surface area (Å²) < 4.78 is 5.11. The van der Waals surface area contributed by atoms with E-state index in [4.69, 9.17) is 16.3 Å². The number of amides is 1. The first-order valence-electron chi connectivity index (χ1n) is 5.77. The van der Waals surface area contributed by atoms with Gasteiger partial charge in [0.25, 0.3) is 5.91 Å². The summed E-state index contributed by atoms with van der Waals surface area (Å²) in [5, 5.41) is 4.32. The number of halogens is 1. The van der Waals surface area contributed by atoms with Gasteiger partial charge in [0, 0.05) is 17.4 Å². The number of nitrogens with one attached hydrogen (secondary N) is 1. The topological polar surface area (TPSA) is 63.6 Å². The minimum absolute atomic E-state index is 0.326. The summed E-state index contributed by atoms with van der Waals surface area (Å²) in [6, 6.07) is 8.35. The molecule has 0 fully saturated rings. The number of hydrogen-bond donors (Lipinski definition) is 1. The summed E-state index contributed by atoms with van der Waals surface area (Å²) in [6.07, 6.45) is 4.81. The lowest BCUT2D eigenvalue weighted by molar-refractivity contribution is 0.0952. The van der Waals surface area contributed by atoms with Gasteiger partial charge in [-0.05, 0) is 35.9 Å². The Labute approximate surface area is 121 Å². The zero-order valence-corrected chi connectivity index (χ0v) is 11.5. The molecule has 0 spiro atoms. The van der Waals surface area contributed by atoms with Crippen molar-refractivity contribution in [3.05, 3.63) is 58.9 Å². The average molecular weight is 290 g/mol. The monoisotopic (exact) mass is 289 g/mol. The van der Waals surface area contributed by atoms with Crippen LogP contribution in [0.3, 0.4) is 0 Å². The predicted molar refractivity (Wildman–Crippen MR) is 77.3 cm³/mol. The van der Waals surface area contributed by atoms with Crippen molar-refractivity contribution in [3.8, 4) is 5.75 Å². The fourth-order valence-electron chi connectivity index (χ4n) is 1.53. The summed E-state index contributed by atoms with van der Waals surface area (Å²) in [7, 11) is 1.49. The van der Waals surface area contributed by atoms with Crippen molar-refractivity contribution in [2.75, 3.05) is 7.11 Å². The molecular formula is C14H12ClN3O2. The van der Waals surface area contributed by atoms with E-state index in [0.29, 0.717) is 16.3 Å². The van der Waals surface area contributed by atoms with Crippen LogP contribution in [0, 0.1) is 0 Å². The first-order valence-corrected chi connectivity index (χ1v) is 6.15. The number of ether oxygens (including phenoxy) is 1. The van der Waals surface area contributed by atoms with Crippen LogP contribution >= 0.6 is 11.6 Å². The Hall–Kier alpha value is -2.40. The third-order valence-corrected chi connectivity index (χ3v) is 2.73. The number of rotatable bonds is 4. The van der Waals surface area contributed by atoms with Crippen molar-refractivity contribution in [1.29, 1.82) is 0 Å². The van der Waals surface area contributed by atoms with Crippen LogP contribution in [0.15, 0.2) is 47.8 Å². The molecule has 0 aliphatic rings. The lowest BCUT2D eigenvalue weighted by Gasteiger charge is -2.07. The molecule has 1 amide bonds. The molecule has 0 radical (unpaired) electrons. The minimum atomic E-state index is -0.394. The Balaban J connectivity index is 2.09. The van der Waals surface area contributed by atoms with Crippen LogP contribution in [0.4, 0.5) is 0 Å². The zero-order chi connectivity index (χ0) is 14.4. The second-order valence-corrected chi connectivity index (χ2v) is 4.26. The maximum Gasteiger partial charge on any atom is 0.275 e. The van der Waals surface area contributed by atoms with Gasteiger partial charge in [-0.3, -0.25) is 9.78 Å². The standard InChI is InChI=1S/C14H12ClN3O2/c1-20-13-3-2-11(15)8-12(13)14(19)18-17-9-10-4-6-16-7-5-10/h2-9H,1H3,(H,18,19)/b17-9+. The van der Waals surface area contributed by atoms with Gasteiger partial charge in [0.2, 0.25) is 0 Å². The van der Waals surface area contributed by atoms with E-state index in [2.05, 4.69) is 15.5 Å². The lowest BCUT2D eigenvalue weighted by Crippen LogP contribution is -2.18. The molecule has 2 rings (SSSR count). The Morgan fingerprint density at radius 3 is 2.80 bits per heavy atom. The first kappa shape index (κ1) is 14.0. The van der Waals surface area contributed by atoms with Gasteiger partial charge in [-0.1, -0.05) is 11.6 Å². The molecule has 6 heteroatoms. The predicted octanol–water partition coefficient (Wildman–Crippen LogP) is 2.51. The van der Waals surface area contributed by atoms with Crippen molar-refractivity contribution in [2.45, 2.75) is 0 Å². The van der Waals surface area contributed by atoms with Gasteiger partial charge in [0.15, 0.2) is 0 Å². The van der Waals surface area contributed by atoms with Gasteiger partial charge in [0.05, 0.1) is 18.9 Å². The van der Waals surface area contributed by atoms with Crippen LogP contribution in [0.1, 0.15) is 15.9 Å². The van der Waals surface area contributed by atoms with Crippen molar-refractivity contribution in [2.24, 2.45) is 5.10 Å². The molecule has 0 aliphatic heterocycles. The molecule has 0 aliphatic carbocycles. The highest BCUT2D eigenvalue weighted by molar-refractivity contribution is 6.31. The van der Waals surface area contributed by atoms with Crippen molar-refractivity contribution in [3.63, 3.8) is 0 Å². The van der Waals surface area contributed by atoms with Gasteiger partial charge < -0.3 is 4.74 Å². The molecule has 1 aromatic carbocycles. The molecule has 20 heavy (non-hydrogen) atoms. The summed E-state index contributed by atoms with van der Waals surface area (Å²) in [5.41, 5.74) is 3.58. The number of aromatic nitrogens is 1. The zero-order valence-electron chi connectivity index (χ0n) is 10.7. The molecule has 102 valence electrons. The largest absolute Gasteiger partial charge is 0.496 e. The lowest BCUT2D eigenvalue weighted by atomic mass is 10.2. The van der Waals surface area contributed by atoms with E-state index in [0.717, 1.165) is 5.56 Å². The van der Waals surface area contributed by atoms with Crippen LogP contribution in [-0.4, -0.2) is 24.2 Å². The molecule has 1 heterocycles. The van der Waals surface area contributed by atoms with E-state index in [1.807, 2.05) is 0 Å². The SMILES string of the molecule is COc1ccc(Cl)cc1C(=O)N/N=C/c1ccncc1. The van der Waals surface area contributed by atoms with E-state index in [-0.39, 0.29) is 0 Å². The number of nitrogens with zero attached hydrogens (tertiary/aromatic N) is 2. The summed E-state index contributed by atoms with van der Waals surface area (Å²) in [5.74, 6) is 0.0423. The third kappa shape index (κ3) is 3.55. The molecule has 0 unspecified atom stereocenters. The molecule has 0 saturated carbocycles. The molecule has 0 saturated heterocycles. The van der Waals surface area contributed by atoms with Crippen molar-refractivity contribution >= 4 is 23.7 Å². The number of hydrogen-bond acceptors (Lipinski definition) is 4. The Morgan fingerprint density at radius 1 is 1.35 bits per heavy atom. The molecule has 1 N–H and O–H groups in total. The Kier molecular flexibility index (Phi) is 4.68. The average Bonchev–Trinajstić information content (AvgIpc) is 2.48. The molecule has 5 nitrogen and oxygen atoms in total. The van der Waals surface area contributed by atoms with Gasteiger partial charge in [-0.2, -0.15) is 5.10 Å². The molecular weight excluding hydrogens is 278 g/mol. The number of carbonyl (C=O) groups is 1. The van der Waals surface area contributed by atoms with E-state index >= 15 is 0 Å². The summed E-state index contributed by atoms with van der Waals surface area (Å²) >= 11 is 5.87. The number of pyridine rings is 1. The smallest absolute Gasteiger partial charge is 0.275 e. The highest BCUT2D eigenvalue weighted by Crippen LogP contribution is 2.22. The highest BCUT2D eigenvalue weighted by Gasteiger charge is 2.11. The Morgan fingerprint density at radius 2 is 2.10 bits per heavy atom. The van der Waals surface area contributed by atoms with Gasteiger partial charge in [-0.25, -0.2) is 5.43 Å². The fourth-order valence-corrected chi connectivity index (χ4v) is 1.70. The molecule has 2 aromatic rings. The number of benzene rings is 1. The molecule has 0 atom stereocenters. The van der Waals surface area contributed by atoms with Gasteiger partial charge in [-0.15, -0.1) is 0 Å². The van der Waals surface area contributed by atoms with Gasteiger partial charge in [0.1, 0.15) is 5.75 Å². The number of carbonyl (C=O) groups excluding carboxylic acids is 1. The summed E-state index contributed by atoms with van der Waals surface area (Å²) in [6.45, 7) is 0. The van der Waals surface area contributed by atoms with E-state index in [9.17, 15) is 4.79 Å². The minimum Gasteiger partial charge on any atom is -0.496 e. The number of methoxy groups -OCH3 is 1. The van der Waals surface area contributed by atoms with Crippen LogP contribution in [-0.2, 0) is 0 Å². The second kappa shape index (κ2) is 6.68. The Bertz CT molecular complexity index is 630. The van der Waals surface area contributed by atoms with Crippen LogP contribution in [0.25, 0.3) is 0 Å². The second-order valence-electron chi connectivity index (χ2n) is 3.82.